The Morgan fingerprint density at radius 3 is 2.78 bits per heavy atom. The molecule has 148 valence electrons. The minimum Gasteiger partial charge on any atom is -0.357 e. The molecule has 1 atom stereocenters. The molecule has 1 aliphatic rings. The summed E-state index contributed by atoms with van der Waals surface area (Å²) in [5.41, 5.74) is 1.25. The summed E-state index contributed by atoms with van der Waals surface area (Å²) in [7, 11) is 0. The molecule has 2 aromatic rings. The molecule has 27 heavy (non-hydrogen) atoms. The summed E-state index contributed by atoms with van der Waals surface area (Å²) < 4.78 is 2.30. The first-order chi connectivity index (χ1) is 12.8. The summed E-state index contributed by atoms with van der Waals surface area (Å²) in [6, 6.07) is 10.6. The Bertz CT molecular complexity index is 713. The van der Waals surface area contributed by atoms with Crippen LogP contribution in [-0.4, -0.2) is 33.8 Å². The van der Waals surface area contributed by atoms with Gasteiger partial charge in [-0.05, 0) is 32.3 Å². The Labute approximate surface area is 179 Å². The Hall–Kier alpha value is -1.64. The molecule has 2 N–H and O–H groups in total. The van der Waals surface area contributed by atoms with Crippen molar-refractivity contribution < 1.29 is 0 Å². The van der Waals surface area contributed by atoms with E-state index in [1.807, 2.05) is 6.07 Å². The first-order valence-corrected chi connectivity index (χ1v) is 9.78. The van der Waals surface area contributed by atoms with E-state index in [4.69, 9.17) is 4.99 Å². The van der Waals surface area contributed by atoms with Gasteiger partial charge in [-0.2, -0.15) is 0 Å². The topological polar surface area (TPSA) is 67.1 Å². The lowest BCUT2D eigenvalue weighted by Crippen LogP contribution is -2.38. The first kappa shape index (κ1) is 21.7. The quantitative estimate of drug-likeness (QED) is 0.376. The molecule has 0 bridgehead atoms. The summed E-state index contributed by atoms with van der Waals surface area (Å²) in [5.74, 6) is 3.06. The fourth-order valence-electron chi connectivity index (χ4n) is 3.35. The minimum atomic E-state index is 0. The van der Waals surface area contributed by atoms with Crippen LogP contribution in [0.4, 0.5) is 0 Å². The predicted molar refractivity (Wildman–Crippen MR) is 121 cm³/mol. The van der Waals surface area contributed by atoms with Gasteiger partial charge in [-0.3, -0.25) is 4.99 Å². The van der Waals surface area contributed by atoms with Crippen LogP contribution in [0.15, 0.2) is 35.3 Å². The highest BCUT2D eigenvalue weighted by Crippen LogP contribution is 2.15. The molecule has 1 unspecified atom stereocenters. The van der Waals surface area contributed by atoms with Crippen molar-refractivity contribution in [2.45, 2.75) is 58.5 Å². The zero-order valence-electron chi connectivity index (χ0n) is 16.3. The van der Waals surface area contributed by atoms with E-state index < -0.39 is 0 Å². The summed E-state index contributed by atoms with van der Waals surface area (Å²) in [6.07, 6.45) is 5.60. The van der Waals surface area contributed by atoms with Gasteiger partial charge in [0.25, 0.3) is 0 Å². The molecule has 1 aliphatic heterocycles. The number of rotatable bonds is 6. The van der Waals surface area contributed by atoms with Gasteiger partial charge in [0.2, 0.25) is 0 Å². The number of hydrogen-bond donors (Lipinski definition) is 2. The number of nitrogens with one attached hydrogen (secondary N) is 2. The molecule has 0 spiro atoms. The number of hydrogen-bond acceptors (Lipinski definition) is 3. The van der Waals surface area contributed by atoms with Crippen molar-refractivity contribution in [1.29, 1.82) is 0 Å². The lowest BCUT2D eigenvalue weighted by molar-refractivity contribution is 0.604. The maximum absolute atomic E-state index is 4.74. The van der Waals surface area contributed by atoms with Gasteiger partial charge in [0.15, 0.2) is 5.96 Å². The molecule has 1 aromatic carbocycles. The Morgan fingerprint density at radius 1 is 1.19 bits per heavy atom. The first-order valence-electron chi connectivity index (χ1n) is 9.78. The van der Waals surface area contributed by atoms with Gasteiger partial charge in [0.1, 0.15) is 11.6 Å². The van der Waals surface area contributed by atoms with E-state index in [2.05, 4.69) is 63.5 Å². The molecule has 0 saturated carbocycles. The van der Waals surface area contributed by atoms with Gasteiger partial charge >= 0.3 is 0 Å². The predicted octanol–water partition coefficient (Wildman–Crippen LogP) is 3.48. The summed E-state index contributed by atoms with van der Waals surface area (Å²) >= 11 is 0. The lowest BCUT2D eigenvalue weighted by Gasteiger charge is -2.18. The zero-order valence-corrected chi connectivity index (χ0v) is 18.6. The van der Waals surface area contributed by atoms with Crippen LogP contribution >= 0.6 is 24.0 Å². The van der Waals surface area contributed by atoms with E-state index in [1.54, 1.807) is 0 Å². The minimum absolute atomic E-state index is 0. The molecule has 6 nitrogen and oxygen atoms in total. The number of fused-ring (bicyclic) bond motifs is 1. The van der Waals surface area contributed by atoms with Crippen molar-refractivity contribution in [3.8, 4) is 0 Å². The normalized spacial score (nSPS) is 15.3. The number of guanidine groups is 1. The van der Waals surface area contributed by atoms with Crippen molar-refractivity contribution >= 4 is 29.9 Å². The van der Waals surface area contributed by atoms with Crippen molar-refractivity contribution in [3.05, 3.63) is 47.5 Å². The van der Waals surface area contributed by atoms with E-state index >= 15 is 0 Å². The van der Waals surface area contributed by atoms with Gasteiger partial charge in [-0.15, -0.1) is 34.2 Å². The van der Waals surface area contributed by atoms with Crippen LogP contribution in [0, 0.1) is 0 Å². The number of benzene rings is 1. The largest absolute Gasteiger partial charge is 0.357 e. The molecule has 0 saturated heterocycles. The molecule has 0 fully saturated rings. The van der Waals surface area contributed by atoms with E-state index in [0.717, 1.165) is 43.5 Å². The zero-order chi connectivity index (χ0) is 18.2. The molecule has 2 heterocycles. The average Bonchev–Trinajstić information content (AvgIpc) is 2.89. The van der Waals surface area contributed by atoms with Gasteiger partial charge < -0.3 is 15.2 Å². The number of halogens is 1. The number of nitrogens with zero attached hydrogens (tertiary/aromatic N) is 4. The second-order valence-electron chi connectivity index (χ2n) is 6.78. The van der Waals surface area contributed by atoms with Gasteiger partial charge in [-0.25, -0.2) is 0 Å². The lowest BCUT2D eigenvalue weighted by atomic mass is 10.1. The van der Waals surface area contributed by atoms with Crippen LogP contribution in [0.3, 0.4) is 0 Å². The summed E-state index contributed by atoms with van der Waals surface area (Å²) in [5, 5.41) is 15.6. The summed E-state index contributed by atoms with van der Waals surface area (Å²) in [4.78, 5) is 4.74. The fourth-order valence-corrected chi connectivity index (χ4v) is 3.35. The van der Waals surface area contributed by atoms with Gasteiger partial charge in [-0.1, -0.05) is 36.8 Å². The third-order valence-electron chi connectivity index (χ3n) is 4.79. The maximum atomic E-state index is 4.74. The van der Waals surface area contributed by atoms with Crippen molar-refractivity contribution in [2.75, 3.05) is 13.1 Å². The van der Waals surface area contributed by atoms with Gasteiger partial charge in [0, 0.05) is 32.5 Å². The molecule has 7 heteroatoms. The molecule has 0 amide bonds. The monoisotopic (exact) mass is 482 g/mol. The standard InChI is InChI=1S/C20H30N6.HI/c1-3-21-20(23-16(2)17-10-6-4-7-11-17)22-14-13-19-25-24-18-12-8-5-9-15-26(18)19;/h4,6-7,10-11,16H,3,5,8-9,12-15H2,1-2H3,(H2,21,22,23);1H. The third-order valence-corrected chi connectivity index (χ3v) is 4.79. The highest BCUT2D eigenvalue weighted by atomic mass is 127. The maximum Gasteiger partial charge on any atom is 0.191 e. The highest BCUT2D eigenvalue weighted by Gasteiger charge is 2.14. The van der Waals surface area contributed by atoms with Gasteiger partial charge in [0.05, 0.1) is 6.04 Å². The number of aromatic nitrogens is 3. The second kappa shape index (κ2) is 11.3. The SMILES string of the molecule is CCNC(=NCCc1nnc2n1CCCCC2)NC(C)c1ccccc1.I. The Kier molecular flexibility index (Phi) is 9.03. The van der Waals surface area contributed by atoms with Crippen molar-refractivity contribution in [3.63, 3.8) is 0 Å². The Balaban J connectivity index is 0.00000261. The van der Waals surface area contributed by atoms with E-state index in [-0.39, 0.29) is 30.0 Å². The van der Waals surface area contributed by atoms with Crippen LogP contribution in [-0.2, 0) is 19.4 Å². The third kappa shape index (κ3) is 6.19. The molecule has 3 rings (SSSR count). The van der Waals surface area contributed by atoms with E-state index in [1.165, 1.54) is 24.8 Å². The molecular formula is C20H31IN6. The number of aliphatic imine (C=N–C) groups is 1. The summed E-state index contributed by atoms with van der Waals surface area (Å²) in [6.45, 7) is 6.83. The highest BCUT2D eigenvalue weighted by molar-refractivity contribution is 14.0. The molecule has 0 radical (unpaired) electrons. The average molecular weight is 482 g/mol. The van der Waals surface area contributed by atoms with Crippen LogP contribution < -0.4 is 10.6 Å². The van der Waals surface area contributed by atoms with Crippen LogP contribution in [0.25, 0.3) is 0 Å². The van der Waals surface area contributed by atoms with E-state index in [0.29, 0.717) is 6.54 Å². The van der Waals surface area contributed by atoms with Crippen LogP contribution in [0.1, 0.15) is 56.4 Å². The fraction of sp³-hybridized carbons (Fsp3) is 0.550. The van der Waals surface area contributed by atoms with Crippen molar-refractivity contribution in [1.82, 2.24) is 25.4 Å². The molecular weight excluding hydrogens is 451 g/mol. The number of aryl methyl sites for hydroxylation is 1. The molecule has 0 aliphatic carbocycles. The van der Waals surface area contributed by atoms with Crippen LogP contribution in [0.5, 0.6) is 0 Å². The Morgan fingerprint density at radius 2 is 2.00 bits per heavy atom. The van der Waals surface area contributed by atoms with E-state index in [9.17, 15) is 0 Å². The molecule has 1 aromatic heterocycles. The smallest absolute Gasteiger partial charge is 0.191 e. The van der Waals surface area contributed by atoms with Crippen molar-refractivity contribution in [2.24, 2.45) is 4.99 Å². The van der Waals surface area contributed by atoms with Crippen LogP contribution in [0.2, 0.25) is 0 Å². The second-order valence-corrected chi connectivity index (χ2v) is 6.78.